The van der Waals surface area contributed by atoms with E-state index in [9.17, 15) is 17.8 Å². The van der Waals surface area contributed by atoms with Gasteiger partial charge in [0.15, 0.2) is 0 Å². The Labute approximate surface area is 350 Å². The van der Waals surface area contributed by atoms with Crippen molar-refractivity contribution in [1.29, 1.82) is 0 Å². The van der Waals surface area contributed by atoms with Crippen molar-refractivity contribution in [2.75, 3.05) is 0 Å². The molecule has 10 aromatic carbocycles. The van der Waals surface area contributed by atoms with Gasteiger partial charge < -0.3 is 4.42 Å². The molecule has 0 spiro atoms. The second kappa shape index (κ2) is 11.8. The molecule has 1 nitrogen and oxygen atoms in total. The van der Waals surface area contributed by atoms with Crippen LogP contribution in [0.15, 0.2) is 198 Å². The summed E-state index contributed by atoms with van der Waals surface area (Å²) in [5.41, 5.74) is -7.09. The van der Waals surface area contributed by atoms with E-state index < -0.39 is 297 Å². The molecule has 0 N–H and O–H groups in total. The predicted molar refractivity (Wildman–Crippen MR) is 225 cm³/mol. The van der Waals surface area contributed by atoms with Crippen LogP contribution in [-0.4, -0.2) is 0 Å². The van der Waals surface area contributed by atoms with Crippen LogP contribution in [0.3, 0.4) is 0 Å². The van der Waals surface area contributed by atoms with Crippen molar-refractivity contribution >= 4 is 65.0 Å². The van der Waals surface area contributed by atoms with Gasteiger partial charge in [0.25, 0.3) is 0 Å². The first-order valence-corrected chi connectivity index (χ1v) is 15.7. The van der Waals surface area contributed by atoms with Crippen LogP contribution in [0.25, 0.3) is 110 Å². The minimum Gasteiger partial charge on any atom is -0.456 e. The maximum absolute atomic E-state index is 9.83. The zero-order valence-electron chi connectivity index (χ0n) is 57.5. The SMILES string of the molecule is [2H]c1c([2H])c([2H])c(-c2c([2H])c([2H])c([2H])c3oc4c([2H])c(-c5c([2H])c([2H])c([2H])c6c([2H])c([2H])c([2H])c(-c7c8c([2H])c([2H])c([2H])c([2H])c8c(-c8c([2H])c([2H])c9c([2H])c([2H])c([2H])c([2H])c9c8[2H])c8c([2H])c([2H])c([2H])c([2H])c78)c56)cc([2H])c4c23)c([2H])c1[2H]. The van der Waals surface area contributed by atoms with E-state index in [1.165, 1.54) is 0 Å². The molecule has 0 aliphatic rings. The van der Waals surface area contributed by atoms with Gasteiger partial charge in [0.05, 0.1) is 42.5 Å². The molecular formula is C52H32O. The molecule has 1 heteroatoms. The van der Waals surface area contributed by atoms with E-state index in [0.717, 1.165) is 6.07 Å². The summed E-state index contributed by atoms with van der Waals surface area (Å²) in [5.74, 6) is 0. The number of furan rings is 1. The molecule has 0 radical (unpaired) electrons. The lowest BCUT2D eigenvalue weighted by Crippen LogP contribution is -1.93. The van der Waals surface area contributed by atoms with Gasteiger partial charge in [-0.05, 0) is 112 Å². The summed E-state index contributed by atoms with van der Waals surface area (Å²) in [6.07, 6.45) is 0. The van der Waals surface area contributed by atoms with Crippen LogP contribution < -0.4 is 0 Å². The van der Waals surface area contributed by atoms with Gasteiger partial charge in [0, 0.05) is 10.8 Å². The van der Waals surface area contributed by atoms with Gasteiger partial charge in [0.1, 0.15) is 11.2 Å². The highest BCUT2D eigenvalue weighted by atomic mass is 16.3. The van der Waals surface area contributed by atoms with Crippen LogP contribution in [0.4, 0.5) is 0 Å². The Hall–Kier alpha value is -6.96. The van der Waals surface area contributed by atoms with Gasteiger partial charge in [-0.1, -0.05) is 169 Å². The van der Waals surface area contributed by atoms with Gasteiger partial charge in [-0.15, -0.1) is 0 Å². The van der Waals surface area contributed by atoms with Crippen molar-refractivity contribution in [2.45, 2.75) is 0 Å². The minimum absolute atomic E-state index is 0.433. The molecule has 0 bridgehead atoms. The smallest absolute Gasteiger partial charge is 0.136 e. The second-order valence-electron chi connectivity index (χ2n) is 11.6. The molecule has 11 rings (SSSR count). The number of rotatable bonds is 4. The van der Waals surface area contributed by atoms with E-state index in [0.29, 0.717) is 0 Å². The zero-order valence-corrected chi connectivity index (χ0v) is 26.5. The Bertz CT molecular complexity index is 4910. The average molecular weight is 704 g/mol. The fraction of sp³-hybridized carbons (Fsp3) is 0. The van der Waals surface area contributed by atoms with Crippen LogP contribution in [0.1, 0.15) is 42.5 Å². The normalized spacial score (nSPS) is 20.0. The highest BCUT2D eigenvalue weighted by Crippen LogP contribution is 2.47. The molecule has 11 aromatic rings. The van der Waals surface area contributed by atoms with Gasteiger partial charge in [-0.2, -0.15) is 0 Å². The number of hydrogen-bond acceptors (Lipinski definition) is 1. The summed E-state index contributed by atoms with van der Waals surface area (Å²) in [7, 11) is 0. The molecule has 0 aliphatic carbocycles. The van der Waals surface area contributed by atoms with Gasteiger partial charge >= 0.3 is 0 Å². The Morgan fingerprint density at radius 1 is 0.321 bits per heavy atom. The third kappa shape index (κ3) is 4.64. The van der Waals surface area contributed by atoms with Crippen molar-refractivity contribution in [1.82, 2.24) is 0 Å². The molecule has 0 fully saturated rings. The van der Waals surface area contributed by atoms with Crippen molar-refractivity contribution in [2.24, 2.45) is 0 Å². The summed E-state index contributed by atoms with van der Waals surface area (Å²) >= 11 is 0. The molecule has 0 saturated carbocycles. The molecule has 0 atom stereocenters. The van der Waals surface area contributed by atoms with Crippen LogP contribution in [-0.2, 0) is 0 Å². The molecule has 1 heterocycles. The zero-order chi connectivity index (χ0) is 61.9. The van der Waals surface area contributed by atoms with Gasteiger partial charge in [-0.25, -0.2) is 0 Å². The van der Waals surface area contributed by atoms with Crippen LogP contribution >= 0.6 is 0 Å². The lowest BCUT2D eigenvalue weighted by atomic mass is 9.83. The highest BCUT2D eigenvalue weighted by Gasteiger charge is 2.20. The monoisotopic (exact) mass is 703 g/mol. The van der Waals surface area contributed by atoms with Crippen LogP contribution in [0, 0.1) is 0 Å². The quantitative estimate of drug-likeness (QED) is 0.166. The molecule has 0 saturated heterocycles. The van der Waals surface area contributed by atoms with Crippen molar-refractivity contribution in [3.63, 3.8) is 0 Å². The number of hydrogen-bond donors (Lipinski definition) is 0. The molecule has 246 valence electrons. The maximum atomic E-state index is 9.83. The van der Waals surface area contributed by atoms with Gasteiger partial charge in [0.2, 0.25) is 0 Å². The Kier molecular flexibility index (Phi) is 2.74. The van der Waals surface area contributed by atoms with Crippen molar-refractivity contribution in [3.05, 3.63) is 193 Å². The van der Waals surface area contributed by atoms with Crippen LogP contribution in [0.2, 0.25) is 0 Å². The fourth-order valence-corrected chi connectivity index (χ4v) is 6.59. The second-order valence-corrected chi connectivity index (χ2v) is 11.6. The Morgan fingerprint density at radius 3 is 1.64 bits per heavy atom. The lowest BCUT2D eigenvalue weighted by molar-refractivity contribution is 0.669. The molecule has 0 unspecified atom stereocenters. The van der Waals surface area contributed by atoms with E-state index in [2.05, 4.69) is 0 Å². The summed E-state index contributed by atoms with van der Waals surface area (Å²) in [5, 5.41) is -6.84. The highest BCUT2D eigenvalue weighted by molar-refractivity contribution is 6.25. The molecule has 0 amide bonds. The third-order valence-corrected chi connectivity index (χ3v) is 8.78. The first kappa shape index (κ1) is 12.3. The summed E-state index contributed by atoms with van der Waals surface area (Å²) in [6.45, 7) is 0. The average Bonchev–Trinajstić information content (AvgIpc) is 0.779. The number of benzene rings is 10. The first-order chi connectivity index (χ1) is 39.2. The van der Waals surface area contributed by atoms with E-state index in [4.69, 9.17) is 29.1 Å². The Morgan fingerprint density at radius 2 is 0.906 bits per heavy atom. The molecule has 0 aliphatic heterocycles. The van der Waals surface area contributed by atoms with E-state index >= 15 is 0 Å². The predicted octanol–water partition coefficient (Wildman–Crippen LogP) is 14.9. The van der Waals surface area contributed by atoms with E-state index in [1.807, 2.05) is 0 Å². The summed E-state index contributed by atoms with van der Waals surface area (Å²) < 4.78 is 288. The summed E-state index contributed by atoms with van der Waals surface area (Å²) in [4.78, 5) is 0. The topological polar surface area (TPSA) is 13.1 Å². The van der Waals surface area contributed by atoms with Gasteiger partial charge in [-0.3, -0.25) is 0 Å². The maximum Gasteiger partial charge on any atom is 0.136 e. The molecule has 1 aromatic heterocycles. The van der Waals surface area contributed by atoms with E-state index in [1.54, 1.807) is 0 Å². The standard InChI is InChI=1S/C52H32O/c1-2-14-34(15-3-1)39-24-12-26-47-52(39)45-30-29-37(32-48(45)53-47)40-23-10-17-35-18-11-25-46(49(35)40)51-43-21-8-6-19-41(43)50(42-20-7-9-22-44(42)51)38-28-27-33-13-4-5-16-36(33)31-38/h1-32H/i1D,2D,3D,4D,5D,6D,7D,8D,9D,10D,11D,12D,13D,14D,15D,16D,17D,18D,19D,20D,21D,22D,23D,24D,25D,26D,27D,28D,30D,31D,32D. The molecular weight excluding hydrogens is 641 g/mol. The largest absolute Gasteiger partial charge is 0.456 e. The molecule has 53 heavy (non-hydrogen) atoms. The fourth-order valence-electron chi connectivity index (χ4n) is 6.59. The van der Waals surface area contributed by atoms with Crippen molar-refractivity contribution < 1.29 is 46.9 Å². The Balaban J connectivity index is 1.41. The van der Waals surface area contributed by atoms with E-state index in [-0.39, 0.29) is 0 Å². The lowest BCUT2D eigenvalue weighted by Gasteiger charge is -2.20. The minimum atomic E-state index is -1.09. The first-order valence-electron chi connectivity index (χ1n) is 31.2. The summed E-state index contributed by atoms with van der Waals surface area (Å²) in [6, 6.07) is -28.3. The van der Waals surface area contributed by atoms with Crippen LogP contribution in [0.5, 0.6) is 0 Å². The van der Waals surface area contributed by atoms with Crippen molar-refractivity contribution in [3.8, 4) is 44.5 Å². The third-order valence-electron chi connectivity index (χ3n) is 8.78. The number of fused-ring (bicyclic) bond motifs is 7.